The number of rotatable bonds is 3. The lowest BCUT2D eigenvalue weighted by Crippen LogP contribution is -2.40. The van der Waals surface area contributed by atoms with Gasteiger partial charge in [-0.25, -0.2) is 9.97 Å². The Hall–Kier alpha value is -2.77. The first-order chi connectivity index (χ1) is 13.9. The number of fused-ring (bicyclic) bond motifs is 1. The molecule has 0 aromatic carbocycles. The fourth-order valence-corrected chi connectivity index (χ4v) is 4.01. The van der Waals surface area contributed by atoms with Gasteiger partial charge in [0, 0.05) is 50.8 Å². The van der Waals surface area contributed by atoms with Crippen LogP contribution < -0.4 is 0 Å². The highest BCUT2D eigenvalue weighted by Crippen LogP contribution is 2.31. The van der Waals surface area contributed by atoms with Crippen LogP contribution in [0.25, 0.3) is 0 Å². The number of likely N-dealkylation sites (tertiary alicyclic amines) is 1. The minimum absolute atomic E-state index is 0.0663. The van der Waals surface area contributed by atoms with E-state index in [-0.39, 0.29) is 29.5 Å². The van der Waals surface area contributed by atoms with Gasteiger partial charge in [0.2, 0.25) is 11.7 Å². The molecule has 0 aliphatic carbocycles. The highest BCUT2D eigenvalue weighted by Gasteiger charge is 2.33. The van der Waals surface area contributed by atoms with Crippen LogP contribution in [0.1, 0.15) is 85.3 Å². The molecule has 8 heteroatoms. The Morgan fingerprint density at radius 3 is 2.79 bits per heavy atom. The molecule has 4 rings (SSSR count). The minimum atomic E-state index is -0.167. The summed E-state index contributed by atoms with van der Waals surface area (Å²) >= 11 is 0. The lowest BCUT2D eigenvalue weighted by molar-refractivity contribution is -0.129. The van der Waals surface area contributed by atoms with Gasteiger partial charge in [-0.1, -0.05) is 19.0 Å². The van der Waals surface area contributed by atoms with Crippen LogP contribution in [-0.4, -0.2) is 49.8 Å². The second-order valence-corrected chi connectivity index (χ2v) is 8.17. The van der Waals surface area contributed by atoms with Crippen LogP contribution >= 0.6 is 0 Å². The standard InChI is InChI=1S/C21H27N5O3/c1-13(2)17-10-19(29-24-17)21(28)26-8-5-4-6-18(26)20-22-11-15-12-25(14(3)27)9-7-16(15)23-20/h10-11,13,18H,4-9,12H2,1-3H3/t18-/m1/s1. The molecule has 0 bridgehead atoms. The highest BCUT2D eigenvalue weighted by atomic mass is 16.5. The molecule has 2 amide bonds. The number of aromatic nitrogens is 3. The van der Waals surface area contributed by atoms with Gasteiger partial charge in [-0.05, 0) is 25.2 Å². The van der Waals surface area contributed by atoms with Crippen molar-refractivity contribution >= 4 is 11.8 Å². The SMILES string of the molecule is CC(=O)N1CCc2nc([C@H]3CCCCN3C(=O)c3cc(C(C)C)no3)ncc2C1. The summed E-state index contributed by atoms with van der Waals surface area (Å²) in [5, 5.41) is 4.02. The number of carbonyl (C=O) groups is 2. The van der Waals surface area contributed by atoms with Crippen molar-refractivity contribution < 1.29 is 14.1 Å². The summed E-state index contributed by atoms with van der Waals surface area (Å²) in [5.41, 5.74) is 2.75. The third-order valence-corrected chi connectivity index (χ3v) is 5.79. The molecular formula is C21H27N5O3. The summed E-state index contributed by atoms with van der Waals surface area (Å²) in [7, 11) is 0. The first kappa shape index (κ1) is 19.5. The first-order valence-electron chi connectivity index (χ1n) is 10.3. The maximum Gasteiger partial charge on any atom is 0.293 e. The molecule has 1 atom stereocenters. The van der Waals surface area contributed by atoms with Crippen molar-refractivity contribution in [1.82, 2.24) is 24.9 Å². The number of hydrogen-bond acceptors (Lipinski definition) is 6. The molecule has 1 fully saturated rings. The second-order valence-electron chi connectivity index (χ2n) is 8.17. The third-order valence-electron chi connectivity index (χ3n) is 5.79. The van der Waals surface area contributed by atoms with Crippen LogP contribution in [0.2, 0.25) is 0 Å². The van der Waals surface area contributed by atoms with Gasteiger partial charge >= 0.3 is 0 Å². The number of amides is 2. The van der Waals surface area contributed by atoms with Crippen LogP contribution in [0.3, 0.4) is 0 Å². The summed E-state index contributed by atoms with van der Waals surface area (Å²) in [4.78, 5) is 37.8. The van der Waals surface area contributed by atoms with Crippen molar-refractivity contribution in [2.45, 2.75) is 65.0 Å². The van der Waals surface area contributed by atoms with Gasteiger partial charge in [0.05, 0.1) is 17.4 Å². The molecule has 4 heterocycles. The zero-order valence-corrected chi connectivity index (χ0v) is 17.2. The number of hydrogen-bond donors (Lipinski definition) is 0. The number of piperidine rings is 1. The van der Waals surface area contributed by atoms with E-state index >= 15 is 0 Å². The third kappa shape index (κ3) is 3.88. The lowest BCUT2D eigenvalue weighted by atomic mass is 9.99. The lowest BCUT2D eigenvalue weighted by Gasteiger charge is -2.35. The highest BCUT2D eigenvalue weighted by molar-refractivity contribution is 5.91. The van der Waals surface area contributed by atoms with Crippen molar-refractivity contribution in [1.29, 1.82) is 0 Å². The molecule has 0 saturated carbocycles. The van der Waals surface area contributed by atoms with Crippen molar-refractivity contribution in [3.63, 3.8) is 0 Å². The fourth-order valence-electron chi connectivity index (χ4n) is 4.01. The van der Waals surface area contributed by atoms with E-state index in [2.05, 4.69) is 10.1 Å². The second kappa shape index (κ2) is 7.93. The summed E-state index contributed by atoms with van der Waals surface area (Å²) < 4.78 is 5.33. The summed E-state index contributed by atoms with van der Waals surface area (Å²) in [5.74, 6) is 1.07. The molecule has 154 valence electrons. The van der Waals surface area contributed by atoms with E-state index in [1.807, 2.05) is 24.9 Å². The molecule has 2 aromatic rings. The van der Waals surface area contributed by atoms with E-state index in [4.69, 9.17) is 9.51 Å². The minimum Gasteiger partial charge on any atom is -0.351 e. The Morgan fingerprint density at radius 2 is 2.07 bits per heavy atom. The van der Waals surface area contributed by atoms with Crippen LogP contribution in [-0.2, 0) is 17.8 Å². The van der Waals surface area contributed by atoms with E-state index in [0.717, 1.165) is 36.2 Å². The molecule has 2 aromatic heterocycles. The van der Waals surface area contributed by atoms with Crippen molar-refractivity contribution in [3.05, 3.63) is 40.8 Å². The Kier molecular flexibility index (Phi) is 5.34. The van der Waals surface area contributed by atoms with Gasteiger partial charge in [-0.15, -0.1) is 0 Å². The first-order valence-corrected chi connectivity index (χ1v) is 10.3. The number of nitrogens with zero attached hydrogens (tertiary/aromatic N) is 5. The molecule has 2 aliphatic rings. The zero-order chi connectivity index (χ0) is 20.5. The van der Waals surface area contributed by atoms with Crippen LogP contribution in [0.5, 0.6) is 0 Å². The largest absolute Gasteiger partial charge is 0.351 e. The van der Waals surface area contributed by atoms with E-state index in [1.165, 1.54) is 0 Å². The molecule has 0 N–H and O–H groups in total. The summed E-state index contributed by atoms with van der Waals surface area (Å²) in [6.07, 6.45) is 5.34. The average molecular weight is 397 g/mol. The monoisotopic (exact) mass is 397 g/mol. The molecule has 0 spiro atoms. The Balaban J connectivity index is 1.57. The van der Waals surface area contributed by atoms with Gasteiger partial charge in [-0.3, -0.25) is 9.59 Å². The van der Waals surface area contributed by atoms with E-state index in [0.29, 0.717) is 31.9 Å². The van der Waals surface area contributed by atoms with Crippen molar-refractivity contribution in [2.24, 2.45) is 0 Å². The molecule has 29 heavy (non-hydrogen) atoms. The van der Waals surface area contributed by atoms with Gasteiger partial charge in [0.25, 0.3) is 5.91 Å². The van der Waals surface area contributed by atoms with Gasteiger partial charge in [0.15, 0.2) is 5.82 Å². The predicted molar refractivity (Wildman–Crippen MR) is 105 cm³/mol. The topological polar surface area (TPSA) is 92.4 Å². The maximum atomic E-state index is 13.1. The van der Waals surface area contributed by atoms with Crippen LogP contribution in [0.4, 0.5) is 0 Å². The van der Waals surface area contributed by atoms with Gasteiger partial charge < -0.3 is 14.3 Å². The van der Waals surface area contributed by atoms with Crippen molar-refractivity contribution in [2.75, 3.05) is 13.1 Å². The Labute approximate surface area is 170 Å². The molecule has 8 nitrogen and oxygen atoms in total. The smallest absolute Gasteiger partial charge is 0.293 e. The molecule has 1 saturated heterocycles. The number of carbonyl (C=O) groups excluding carboxylic acids is 2. The molecule has 0 radical (unpaired) electrons. The fraction of sp³-hybridized carbons (Fsp3) is 0.571. The van der Waals surface area contributed by atoms with E-state index in [1.54, 1.807) is 17.9 Å². The zero-order valence-electron chi connectivity index (χ0n) is 17.2. The maximum absolute atomic E-state index is 13.1. The van der Waals surface area contributed by atoms with Crippen molar-refractivity contribution in [3.8, 4) is 0 Å². The molecular weight excluding hydrogens is 370 g/mol. The van der Waals surface area contributed by atoms with E-state index in [9.17, 15) is 9.59 Å². The van der Waals surface area contributed by atoms with Gasteiger partial charge in [-0.2, -0.15) is 0 Å². The summed E-state index contributed by atoms with van der Waals surface area (Å²) in [6, 6.07) is 1.57. The van der Waals surface area contributed by atoms with Gasteiger partial charge in [0.1, 0.15) is 0 Å². The predicted octanol–water partition coefficient (Wildman–Crippen LogP) is 2.86. The average Bonchev–Trinajstić information content (AvgIpc) is 3.23. The Bertz CT molecular complexity index is 923. The Morgan fingerprint density at radius 1 is 1.24 bits per heavy atom. The quantitative estimate of drug-likeness (QED) is 0.791. The van der Waals surface area contributed by atoms with Crippen LogP contribution in [0, 0.1) is 0 Å². The molecule has 0 unspecified atom stereocenters. The molecule has 2 aliphatic heterocycles. The van der Waals surface area contributed by atoms with Crippen LogP contribution in [0.15, 0.2) is 16.8 Å². The van der Waals surface area contributed by atoms with E-state index < -0.39 is 0 Å². The summed E-state index contributed by atoms with van der Waals surface area (Å²) in [6.45, 7) is 7.49. The normalized spacial score (nSPS) is 19.4.